The van der Waals surface area contributed by atoms with Gasteiger partial charge in [-0.15, -0.1) is 5.10 Å². The average molecular weight is 360 g/mol. The highest BCUT2D eigenvalue weighted by Crippen LogP contribution is 2.32. The lowest BCUT2D eigenvalue weighted by Crippen LogP contribution is -2.45. The molecule has 0 saturated carbocycles. The highest BCUT2D eigenvalue weighted by Gasteiger charge is 2.20. The fraction of sp³-hybridized carbons (Fsp3) is 0.588. The first-order valence-corrected chi connectivity index (χ1v) is 8.89. The predicted octanol–water partition coefficient (Wildman–Crippen LogP) is 0.366. The van der Waals surface area contributed by atoms with Crippen LogP contribution in [0.4, 0.5) is 0 Å². The van der Waals surface area contributed by atoms with E-state index in [0.29, 0.717) is 19.9 Å². The van der Waals surface area contributed by atoms with E-state index in [1.54, 1.807) is 7.11 Å². The Hall–Kier alpha value is -2.23. The highest BCUT2D eigenvalue weighted by atomic mass is 16.7. The Balaban J connectivity index is 1.27. The zero-order valence-corrected chi connectivity index (χ0v) is 15.0. The van der Waals surface area contributed by atoms with Crippen molar-refractivity contribution < 1.29 is 14.2 Å². The van der Waals surface area contributed by atoms with Gasteiger partial charge in [0, 0.05) is 39.8 Å². The van der Waals surface area contributed by atoms with Crippen LogP contribution < -0.4 is 9.47 Å². The zero-order valence-electron chi connectivity index (χ0n) is 15.0. The summed E-state index contributed by atoms with van der Waals surface area (Å²) in [5, 5.41) is 12.0. The fourth-order valence-corrected chi connectivity index (χ4v) is 3.29. The molecular weight excluding hydrogens is 336 g/mol. The fourth-order valence-electron chi connectivity index (χ4n) is 3.29. The Labute approximate surface area is 152 Å². The number of methoxy groups -OCH3 is 1. The number of aromatic nitrogens is 4. The first-order chi connectivity index (χ1) is 12.8. The Morgan fingerprint density at radius 2 is 1.81 bits per heavy atom. The van der Waals surface area contributed by atoms with Crippen LogP contribution in [0.15, 0.2) is 18.2 Å². The Bertz CT molecular complexity index is 729. The van der Waals surface area contributed by atoms with Crippen LogP contribution in [-0.2, 0) is 24.4 Å². The van der Waals surface area contributed by atoms with Crippen molar-refractivity contribution in [2.45, 2.75) is 19.6 Å². The van der Waals surface area contributed by atoms with E-state index in [2.05, 4.69) is 37.5 Å². The number of rotatable bonds is 7. The van der Waals surface area contributed by atoms with Crippen LogP contribution in [0.25, 0.3) is 0 Å². The van der Waals surface area contributed by atoms with Crippen molar-refractivity contribution >= 4 is 0 Å². The molecule has 9 nitrogen and oxygen atoms in total. The van der Waals surface area contributed by atoms with E-state index >= 15 is 0 Å². The first-order valence-electron chi connectivity index (χ1n) is 8.89. The molecule has 2 aliphatic heterocycles. The average Bonchev–Trinajstić information content (AvgIpc) is 3.30. The maximum Gasteiger partial charge on any atom is 0.231 e. The van der Waals surface area contributed by atoms with Gasteiger partial charge in [0.1, 0.15) is 0 Å². The molecule has 140 valence electrons. The van der Waals surface area contributed by atoms with E-state index in [9.17, 15) is 0 Å². The molecule has 0 N–H and O–H groups in total. The molecule has 0 radical (unpaired) electrons. The molecule has 0 unspecified atom stereocenters. The van der Waals surface area contributed by atoms with Crippen molar-refractivity contribution in [2.75, 3.05) is 46.7 Å². The number of nitrogens with zero attached hydrogens (tertiary/aromatic N) is 6. The van der Waals surface area contributed by atoms with E-state index in [1.807, 2.05) is 10.7 Å². The van der Waals surface area contributed by atoms with Gasteiger partial charge in [-0.05, 0) is 28.1 Å². The molecule has 2 aromatic rings. The van der Waals surface area contributed by atoms with Gasteiger partial charge in [-0.3, -0.25) is 9.80 Å². The van der Waals surface area contributed by atoms with Crippen LogP contribution in [0.3, 0.4) is 0 Å². The topological polar surface area (TPSA) is 77.8 Å². The van der Waals surface area contributed by atoms with Crippen LogP contribution in [-0.4, -0.2) is 76.7 Å². The van der Waals surface area contributed by atoms with E-state index in [-0.39, 0.29) is 0 Å². The largest absolute Gasteiger partial charge is 0.454 e. The molecule has 26 heavy (non-hydrogen) atoms. The van der Waals surface area contributed by atoms with Crippen molar-refractivity contribution in [2.24, 2.45) is 0 Å². The minimum absolute atomic E-state index is 0.321. The van der Waals surface area contributed by atoms with Crippen LogP contribution in [0.5, 0.6) is 11.5 Å². The van der Waals surface area contributed by atoms with E-state index in [4.69, 9.17) is 14.2 Å². The maximum atomic E-state index is 5.46. The van der Waals surface area contributed by atoms with Gasteiger partial charge >= 0.3 is 0 Å². The normalized spacial score (nSPS) is 17.7. The monoisotopic (exact) mass is 360 g/mol. The third-order valence-corrected chi connectivity index (χ3v) is 4.79. The molecular formula is C17H24N6O3. The highest BCUT2D eigenvalue weighted by molar-refractivity contribution is 5.44. The molecule has 2 aliphatic rings. The summed E-state index contributed by atoms with van der Waals surface area (Å²) in [4.78, 5) is 4.85. The molecule has 0 amide bonds. The second-order valence-electron chi connectivity index (χ2n) is 6.55. The Morgan fingerprint density at radius 3 is 2.62 bits per heavy atom. The molecule has 0 atom stereocenters. The lowest BCUT2D eigenvalue weighted by atomic mass is 10.1. The molecule has 0 bridgehead atoms. The minimum Gasteiger partial charge on any atom is -0.454 e. The second kappa shape index (κ2) is 7.98. The summed E-state index contributed by atoms with van der Waals surface area (Å²) in [6, 6.07) is 6.19. The number of piperazine rings is 1. The summed E-state index contributed by atoms with van der Waals surface area (Å²) < 4.78 is 17.8. The summed E-state index contributed by atoms with van der Waals surface area (Å²) in [5.41, 5.74) is 1.26. The number of hydrogen-bond donors (Lipinski definition) is 0. The molecule has 3 heterocycles. The van der Waals surface area contributed by atoms with Crippen molar-refractivity contribution in [1.82, 2.24) is 30.0 Å². The number of ether oxygens (including phenoxy) is 3. The molecule has 0 aliphatic carbocycles. The first kappa shape index (κ1) is 17.2. The molecule has 1 aromatic heterocycles. The maximum absolute atomic E-state index is 5.46. The third kappa shape index (κ3) is 3.95. The summed E-state index contributed by atoms with van der Waals surface area (Å²) in [6.07, 6.45) is 0. The third-order valence-electron chi connectivity index (χ3n) is 4.79. The zero-order chi connectivity index (χ0) is 17.8. The van der Waals surface area contributed by atoms with Gasteiger partial charge in [-0.1, -0.05) is 6.07 Å². The molecule has 1 saturated heterocycles. The molecule has 4 rings (SSSR count). The summed E-state index contributed by atoms with van der Waals surface area (Å²) in [6.45, 7) is 7.36. The second-order valence-corrected chi connectivity index (χ2v) is 6.55. The van der Waals surface area contributed by atoms with Gasteiger partial charge in [0.05, 0.1) is 19.7 Å². The summed E-state index contributed by atoms with van der Waals surface area (Å²) in [5.74, 6) is 2.58. The molecule has 1 fully saturated rings. The number of tetrazole rings is 1. The van der Waals surface area contributed by atoms with Gasteiger partial charge < -0.3 is 14.2 Å². The van der Waals surface area contributed by atoms with Crippen molar-refractivity contribution in [3.05, 3.63) is 29.6 Å². The van der Waals surface area contributed by atoms with Crippen LogP contribution in [0, 0.1) is 0 Å². The van der Waals surface area contributed by atoms with Gasteiger partial charge in [0.25, 0.3) is 0 Å². The Kier molecular flexibility index (Phi) is 5.28. The minimum atomic E-state index is 0.321. The SMILES string of the molecule is COCCn1nnnc1CN1CCN(Cc2ccc3c(c2)OCO3)CC1. The molecule has 9 heteroatoms. The lowest BCUT2D eigenvalue weighted by Gasteiger charge is -2.34. The van der Waals surface area contributed by atoms with Crippen molar-refractivity contribution in [3.8, 4) is 11.5 Å². The van der Waals surface area contributed by atoms with Gasteiger partial charge in [-0.25, -0.2) is 4.68 Å². The van der Waals surface area contributed by atoms with Gasteiger partial charge in [0.2, 0.25) is 6.79 Å². The lowest BCUT2D eigenvalue weighted by molar-refractivity contribution is 0.117. The number of fused-ring (bicyclic) bond motifs is 1. The van der Waals surface area contributed by atoms with E-state index in [0.717, 1.165) is 56.6 Å². The van der Waals surface area contributed by atoms with Gasteiger partial charge in [-0.2, -0.15) is 0 Å². The van der Waals surface area contributed by atoms with Crippen molar-refractivity contribution in [1.29, 1.82) is 0 Å². The number of benzene rings is 1. The quantitative estimate of drug-likeness (QED) is 0.701. The van der Waals surface area contributed by atoms with Crippen LogP contribution >= 0.6 is 0 Å². The smallest absolute Gasteiger partial charge is 0.231 e. The predicted molar refractivity (Wildman–Crippen MR) is 92.8 cm³/mol. The summed E-state index contributed by atoms with van der Waals surface area (Å²) >= 11 is 0. The number of hydrogen-bond acceptors (Lipinski definition) is 8. The van der Waals surface area contributed by atoms with E-state index < -0.39 is 0 Å². The standard InChI is InChI=1S/C17H24N6O3/c1-24-9-8-23-17(18-19-20-23)12-22-6-4-21(5-7-22)11-14-2-3-15-16(10-14)26-13-25-15/h2-3,10H,4-9,11-13H2,1H3. The van der Waals surface area contributed by atoms with Gasteiger partial charge in [0.15, 0.2) is 17.3 Å². The Morgan fingerprint density at radius 1 is 1.04 bits per heavy atom. The van der Waals surface area contributed by atoms with Crippen LogP contribution in [0.2, 0.25) is 0 Å². The van der Waals surface area contributed by atoms with E-state index in [1.165, 1.54) is 5.56 Å². The summed E-state index contributed by atoms with van der Waals surface area (Å²) in [7, 11) is 1.68. The van der Waals surface area contributed by atoms with Crippen LogP contribution in [0.1, 0.15) is 11.4 Å². The molecule has 0 spiro atoms. The van der Waals surface area contributed by atoms with Crippen molar-refractivity contribution in [3.63, 3.8) is 0 Å². The molecule has 1 aromatic carbocycles.